The van der Waals surface area contributed by atoms with E-state index in [0.29, 0.717) is 54.0 Å². The SMILES string of the molecule is CCOC(=O)C1=C(c2ccccc2)N=c2s/c(=C\c3ccc(-c4cc(Cl)ccc4C(=O)OC)o3)c(=O)n2[C@@H]1c1ccc(OC(C)C)cc1. The first-order valence-corrected chi connectivity index (χ1v) is 16.4. The first-order chi connectivity index (χ1) is 23.2. The number of fused-ring (bicyclic) bond motifs is 1. The molecule has 1 aliphatic rings. The number of thiazole rings is 1. The zero-order valence-electron chi connectivity index (χ0n) is 26.6. The second-order valence-corrected chi connectivity index (χ2v) is 12.5. The predicted octanol–water partition coefficient (Wildman–Crippen LogP) is 6.42. The molecule has 0 unspecified atom stereocenters. The van der Waals surface area contributed by atoms with Gasteiger partial charge in [-0.25, -0.2) is 14.6 Å². The van der Waals surface area contributed by atoms with Gasteiger partial charge in [-0.05, 0) is 68.8 Å². The van der Waals surface area contributed by atoms with Crippen LogP contribution < -0.4 is 19.6 Å². The predicted molar refractivity (Wildman–Crippen MR) is 184 cm³/mol. The summed E-state index contributed by atoms with van der Waals surface area (Å²) in [6.07, 6.45) is 1.59. The molecule has 1 atom stereocenters. The van der Waals surface area contributed by atoms with Gasteiger partial charge in [-0.1, -0.05) is 65.4 Å². The summed E-state index contributed by atoms with van der Waals surface area (Å²) in [6, 6.07) is 24.0. The van der Waals surface area contributed by atoms with E-state index >= 15 is 0 Å². The maximum absolute atomic E-state index is 14.2. The summed E-state index contributed by atoms with van der Waals surface area (Å²) in [5.74, 6) is 0.291. The molecule has 5 aromatic rings. The average molecular weight is 683 g/mol. The summed E-state index contributed by atoms with van der Waals surface area (Å²) in [7, 11) is 1.30. The molecule has 11 heteroatoms. The van der Waals surface area contributed by atoms with Crippen LogP contribution in [0.25, 0.3) is 23.1 Å². The van der Waals surface area contributed by atoms with Gasteiger partial charge >= 0.3 is 11.9 Å². The molecular formula is C37H31ClN2O7S. The van der Waals surface area contributed by atoms with Gasteiger partial charge in [0.25, 0.3) is 5.56 Å². The molecule has 2 aromatic heterocycles. The molecule has 1 aliphatic heterocycles. The fourth-order valence-corrected chi connectivity index (χ4v) is 6.62. The van der Waals surface area contributed by atoms with Crippen molar-refractivity contribution >= 4 is 46.6 Å². The Labute approximate surface area is 285 Å². The van der Waals surface area contributed by atoms with Gasteiger partial charge in [0.2, 0.25) is 0 Å². The topological polar surface area (TPSA) is 109 Å². The number of hydrogen-bond donors (Lipinski definition) is 0. The lowest BCUT2D eigenvalue weighted by atomic mass is 9.93. The third-order valence-corrected chi connectivity index (χ3v) is 8.71. The minimum absolute atomic E-state index is 0.0266. The van der Waals surface area contributed by atoms with Crippen molar-refractivity contribution in [1.82, 2.24) is 4.57 Å². The maximum atomic E-state index is 14.2. The number of nitrogens with zero attached hydrogens (tertiary/aromatic N) is 2. The van der Waals surface area contributed by atoms with Crippen molar-refractivity contribution in [3.05, 3.63) is 138 Å². The van der Waals surface area contributed by atoms with Gasteiger partial charge in [0.05, 0.1) is 47.2 Å². The average Bonchev–Trinajstić information content (AvgIpc) is 3.68. The second-order valence-electron chi connectivity index (χ2n) is 11.1. The molecule has 0 N–H and O–H groups in total. The number of halogens is 1. The Bertz CT molecular complexity index is 2210. The quantitative estimate of drug-likeness (QED) is 0.165. The van der Waals surface area contributed by atoms with E-state index in [0.717, 1.165) is 0 Å². The van der Waals surface area contributed by atoms with E-state index in [-0.39, 0.29) is 29.4 Å². The number of benzene rings is 3. The Morgan fingerprint density at radius 2 is 1.77 bits per heavy atom. The number of methoxy groups -OCH3 is 1. The Morgan fingerprint density at radius 1 is 1.02 bits per heavy atom. The van der Waals surface area contributed by atoms with Crippen molar-refractivity contribution in [3.63, 3.8) is 0 Å². The molecule has 3 aromatic carbocycles. The van der Waals surface area contributed by atoms with E-state index in [2.05, 4.69) is 0 Å². The number of ether oxygens (including phenoxy) is 3. The highest BCUT2D eigenvalue weighted by atomic mass is 35.5. The zero-order valence-corrected chi connectivity index (χ0v) is 28.1. The van der Waals surface area contributed by atoms with Crippen molar-refractivity contribution in [2.45, 2.75) is 32.9 Å². The van der Waals surface area contributed by atoms with Gasteiger partial charge < -0.3 is 18.6 Å². The van der Waals surface area contributed by atoms with Gasteiger partial charge in [0, 0.05) is 22.2 Å². The fourth-order valence-electron chi connectivity index (χ4n) is 5.47. The Hall–Kier alpha value is -5.19. The molecular weight excluding hydrogens is 652 g/mol. The zero-order chi connectivity index (χ0) is 33.9. The first-order valence-electron chi connectivity index (χ1n) is 15.2. The summed E-state index contributed by atoms with van der Waals surface area (Å²) < 4.78 is 24.3. The first kappa shape index (κ1) is 32.7. The van der Waals surface area contributed by atoms with Crippen LogP contribution in [0, 0.1) is 0 Å². The largest absolute Gasteiger partial charge is 0.491 e. The molecule has 0 bridgehead atoms. The number of hydrogen-bond acceptors (Lipinski definition) is 9. The van der Waals surface area contributed by atoms with Crippen LogP contribution in [0.3, 0.4) is 0 Å². The van der Waals surface area contributed by atoms with Crippen LogP contribution in [0.4, 0.5) is 0 Å². The lowest BCUT2D eigenvalue weighted by Gasteiger charge is -2.26. The number of carbonyl (C=O) groups is 2. The summed E-state index contributed by atoms with van der Waals surface area (Å²) in [6.45, 7) is 5.76. The number of carbonyl (C=O) groups excluding carboxylic acids is 2. The van der Waals surface area contributed by atoms with Crippen molar-refractivity contribution in [2.24, 2.45) is 4.99 Å². The molecule has 0 spiro atoms. The molecule has 0 aliphatic carbocycles. The number of aromatic nitrogens is 1. The van der Waals surface area contributed by atoms with Crippen LogP contribution in [0.5, 0.6) is 5.75 Å². The summed E-state index contributed by atoms with van der Waals surface area (Å²) >= 11 is 7.41. The lowest BCUT2D eigenvalue weighted by Crippen LogP contribution is -2.40. The van der Waals surface area contributed by atoms with Gasteiger partial charge in [0.1, 0.15) is 17.3 Å². The van der Waals surface area contributed by atoms with Gasteiger partial charge in [-0.15, -0.1) is 0 Å². The third-order valence-electron chi connectivity index (χ3n) is 7.49. The minimum Gasteiger partial charge on any atom is -0.491 e. The van der Waals surface area contributed by atoms with Crippen molar-refractivity contribution in [1.29, 1.82) is 0 Å². The van der Waals surface area contributed by atoms with Crippen molar-refractivity contribution in [3.8, 4) is 17.1 Å². The summed E-state index contributed by atoms with van der Waals surface area (Å²) in [5.41, 5.74) is 2.43. The van der Waals surface area contributed by atoms with Gasteiger partial charge in [-0.3, -0.25) is 9.36 Å². The lowest BCUT2D eigenvalue weighted by molar-refractivity contribution is -0.138. The standard InChI is InChI=1S/C37H31ClN2O7S/c1-5-45-36(43)31-32(22-9-7-6-8-10-22)39-37-40(33(31)23-11-14-25(15-12-23)46-21(2)3)34(41)30(48-37)20-26-16-18-29(47-26)28-19-24(38)13-17-27(28)35(42)44-4/h6-21,33H,5H2,1-4H3/b30-20-/t33-/m1/s1. The Kier molecular flexibility index (Phi) is 9.47. The third kappa shape index (κ3) is 6.49. The van der Waals surface area contributed by atoms with E-state index in [4.69, 9.17) is 35.2 Å². The molecule has 6 rings (SSSR count). The molecule has 0 fully saturated rings. The van der Waals surface area contributed by atoms with E-state index in [1.165, 1.54) is 23.0 Å². The van der Waals surface area contributed by atoms with E-state index in [9.17, 15) is 14.4 Å². The van der Waals surface area contributed by atoms with Crippen LogP contribution in [0.2, 0.25) is 5.02 Å². The molecule has 0 radical (unpaired) electrons. The van der Waals surface area contributed by atoms with Crippen LogP contribution in [0.1, 0.15) is 54.1 Å². The van der Waals surface area contributed by atoms with Crippen molar-refractivity contribution < 1.29 is 28.2 Å². The molecule has 48 heavy (non-hydrogen) atoms. The van der Waals surface area contributed by atoms with Crippen LogP contribution >= 0.6 is 22.9 Å². The highest BCUT2D eigenvalue weighted by Crippen LogP contribution is 2.36. The number of esters is 2. The Morgan fingerprint density at radius 3 is 2.46 bits per heavy atom. The summed E-state index contributed by atoms with van der Waals surface area (Å²) in [4.78, 5) is 45.7. The molecule has 0 saturated heterocycles. The molecule has 244 valence electrons. The second kappa shape index (κ2) is 13.9. The minimum atomic E-state index is -0.841. The monoisotopic (exact) mass is 682 g/mol. The maximum Gasteiger partial charge on any atom is 0.338 e. The van der Waals surface area contributed by atoms with Gasteiger partial charge in [0.15, 0.2) is 4.80 Å². The van der Waals surface area contributed by atoms with E-state index < -0.39 is 18.0 Å². The van der Waals surface area contributed by atoms with E-state index in [1.807, 2.05) is 68.4 Å². The normalized spacial score (nSPS) is 14.5. The van der Waals surface area contributed by atoms with Crippen LogP contribution in [0.15, 0.2) is 105 Å². The smallest absolute Gasteiger partial charge is 0.338 e. The number of rotatable bonds is 9. The summed E-state index contributed by atoms with van der Waals surface area (Å²) in [5, 5.41) is 0.416. The molecule has 0 saturated carbocycles. The van der Waals surface area contributed by atoms with Crippen LogP contribution in [-0.4, -0.2) is 36.3 Å². The highest BCUT2D eigenvalue weighted by Gasteiger charge is 2.35. The fraction of sp³-hybridized carbons (Fsp3) is 0.189. The number of furan rings is 1. The molecule has 9 nitrogen and oxygen atoms in total. The van der Waals surface area contributed by atoms with E-state index in [1.54, 1.807) is 43.3 Å². The van der Waals surface area contributed by atoms with Gasteiger partial charge in [-0.2, -0.15) is 0 Å². The van der Waals surface area contributed by atoms with Crippen LogP contribution in [-0.2, 0) is 14.3 Å². The molecule has 0 amide bonds. The Balaban J connectivity index is 1.53. The highest BCUT2D eigenvalue weighted by molar-refractivity contribution is 7.07. The molecule has 3 heterocycles. The van der Waals surface area contributed by atoms with Crippen molar-refractivity contribution in [2.75, 3.05) is 13.7 Å².